The maximum Gasteiger partial charge on any atom is 0.462 e. The van der Waals surface area contributed by atoms with Gasteiger partial charge in [-0.25, -0.2) is 0 Å². The molecule has 0 heterocycles. The Balaban J connectivity index is 4.57. The van der Waals surface area contributed by atoms with Gasteiger partial charge in [0.2, 0.25) is 5.05 Å². The first-order valence-corrected chi connectivity index (χ1v) is 2.28. The molecule has 1 nitrogen and oxygen atoms in total. The molecule has 0 bridgehead atoms. The first-order valence-electron chi connectivity index (χ1n) is 1.87. The highest BCUT2D eigenvalue weighted by Crippen LogP contribution is 2.35. The van der Waals surface area contributed by atoms with Gasteiger partial charge < -0.3 is 5.11 Å². The molecule has 7 heteroatoms. The lowest BCUT2D eigenvalue weighted by Gasteiger charge is -2.15. The molecule has 0 radical (unpaired) electrons. The number of alkyl halides is 5. The Bertz CT molecular complexity index is 149. The average molecular weight is 180 g/mol. The summed E-state index contributed by atoms with van der Waals surface area (Å²) >= 11 is 3.27. The van der Waals surface area contributed by atoms with Crippen LogP contribution in [-0.4, -0.2) is 22.3 Å². The van der Waals surface area contributed by atoms with Crippen molar-refractivity contribution in [2.45, 2.75) is 12.1 Å². The average Bonchev–Trinajstić information content (AvgIpc) is 1.62. The van der Waals surface area contributed by atoms with Gasteiger partial charge in [-0.05, 0) is 12.2 Å². The zero-order valence-corrected chi connectivity index (χ0v) is 5.06. The molecule has 60 valence electrons. The van der Waals surface area contributed by atoms with Crippen LogP contribution in [0.25, 0.3) is 0 Å². The summed E-state index contributed by atoms with van der Waals surface area (Å²) in [6.07, 6.45) is -5.81. The van der Waals surface area contributed by atoms with Crippen molar-refractivity contribution in [2.24, 2.45) is 0 Å². The molecule has 0 spiro atoms. The highest BCUT2D eigenvalue weighted by molar-refractivity contribution is 7.80. The van der Waals surface area contributed by atoms with Crippen LogP contribution in [-0.2, 0) is 0 Å². The first kappa shape index (κ1) is 9.54. The molecule has 0 rings (SSSR count). The van der Waals surface area contributed by atoms with Gasteiger partial charge in [0.25, 0.3) is 0 Å². The minimum Gasteiger partial charge on any atom is -0.497 e. The van der Waals surface area contributed by atoms with Gasteiger partial charge in [-0.3, -0.25) is 0 Å². The third-order valence-corrected chi connectivity index (χ3v) is 0.881. The van der Waals surface area contributed by atoms with Crippen molar-refractivity contribution in [2.75, 3.05) is 0 Å². The number of thiocarbonyl (C=S) groups is 1. The van der Waals surface area contributed by atoms with Crippen molar-refractivity contribution in [3.63, 3.8) is 0 Å². The van der Waals surface area contributed by atoms with Crippen LogP contribution >= 0.6 is 12.2 Å². The summed E-state index contributed by atoms with van der Waals surface area (Å²) in [6.45, 7) is 0. The van der Waals surface area contributed by atoms with Crippen molar-refractivity contribution >= 4 is 17.3 Å². The maximum atomic E-state index is 11.5. The van der Waals surface area contributed by atoms with E-state index in [0.29, 0.717) is 0 Å². The molecule has 1 N–H and O–H groups in total. The highest BCUT2D eigenvalue weighted by atomic mass is 32.1. The van der Waals surface area contributed by atoms with Gasteiger partial charge >= 0.3 is 12.1 Å². The van der Waals surface area contributed by atoms with E-state index >= 15 is 0 Å². The molecule has 0 unspecified atom stereocenters. The maximum absolute atomic E-state index is 11.5. The van der Waals surface area contributed by atoms with Crippen LogP contribution in [0.15, 0.2) is 0 Å². The highest BCUT2D eigenvalue weighted by Gasteiger charge is 2.61. The Morgan fingerprint density at radius 1 is 1.10 bits per heavy atom. The van der Waals surface area contributed by atoms with Crippen LogP contribution in [0, 0.1) is 0 Å². The predicted octanol–water partition coefficient (Wildman–Crippen LogP) is 2.07. The van der Waals surface area contributed by atoms with Crippen molar-refractivity contribution < 1.29 is 27.1 Å². The fourth-order valence-corrected chi connectivity index (χ4v) is 0.237. The number of aliphatic hydroxyl groups is 1. The lowest BCUT2D eigenvalue weighted by molar-refractivity contribution is -0.252. The number of halogens is 5. The van der Waals surface area contributed by atoms with Crippen LogP contribution in [0.1, 0.15) is 0 Å². The first-order chi connectivity index (χ1) is 4.19. The molecule has 0 aliphatic heterocycles. The summed E-state index contributed by atoms with van der Waals surface area (Å²) in [4.78, 5) is 0. The van der Waals surface area contributed by atoms with Crippen molar-refractivity contribution in [3.05, 3.63) is 0 Å². The minimum absolute atomic E-state index is 2.36. The second-order valence-corrected chi connectivity index (χ2v) is 1.76. The third-order valence-electron chi connectivity index (χ3n) is 0.625. The van der Waals surface area contributed by atoms with E-state index in [2.05, 4.69) is 12.2 Å². The molecule has 0 aromatic rings. The SMILES string of the molecule is OC(=S)C(F)(F)C(F)(F)F. The van der Waals surface area contributed by atoms with Crippen LogP contribution in [0.4, 0.5) is 22.0 Å². The largest absolute Gasteiger partial charge is 0.497 e. The summed E-state index contributed by atoms with van der Waals surface area (Å²) in [6, 6.07) is 0. The van der Waals surface area contributed by atoms with Gasteiger partial charge in [0.15, 0.2) is 0 Å². The Kier molecular flexibility index (Phi) is 2.19. The second-order valence-electron chi connectivity index (χ2n) is 1.38. The predicted molar refractivity (Wildman–Crippen MR) is 26.2 cm³/mol. The second kappa shape index (κ2) is 2.30. The van der Waals surface area contributed by atoms with Gasteiger partial charge in [0.1, 0.15) is 0 Å². The molecule has 0 aromatic heterocycles. The number of aliphatic hydroxyl groups excluding tert-OH is 1. The van der Waals surface area contributed by atoms with Crippen LogP contribution in [0.3, 0.4) is 0 Å². The minimum atomic E-state index is -5.81. The summed E-state index contributed by atoms with van der Waals surface area (Å²) in [5, 5.41) is 5.32. The normalized spacial score (nSPS) is 13.3. The number of rotatable bonds is 1. The fraction of sp³-hybridized carbons (Fsp3) is 0.667. The van der Waals surface area contributed by atoms with E-state index in [-0.39, 0.29) is 0 Å². The van der Waals surface area contributed by atoms with Crippen molar-refractivity contribution in [1.82, 2.24) is 0 Å². The standard InChI is InChI=1S/C3HF5OS/c4-2(5,1(9)10)3(6,7)8/h(H,9,10). The van der Waals surface area contributed by atoms with E-state index in [4.69, 9.17) is 5.11 Å². The molecule has 0 aliphatic rings. The van der Waals surface area contributed by atoms with Crippen molar-refractivity contribution in [3.8, 4) is 0 Å². The zero-order valence-electron chi connectivity index (χ0n) is 4.25. The number of hydrogen-bond acceptors (Lipinski definition) is 1. The molecule has 0 aromatic carbocycles. The third kappa shape index (κ3) is 1.53. The molecule has 10 heavy (non-hydrogen) atoms. The van der Waals surface area contributed by atoms with E-state index in [1.54, 1.807) is 0 Å². The van der Waals surface area contributed by atoms with E-state index in [1.165, 1.54) is 0 Å². The summed E-state index contributed by atoms with van der Waals surface area (Å²) in [7, 11) is 0. The van der Waals surface area contributed by atoms with Crippen molar-refractivity contribution in [1.29, 1.82) is 0 Å². The van der Waals surface area contributed by atoms with E-state index in [0.717, 1.165) is 0 Å². The Hall–Kier alpha value is -0.460. The monoisotopic (exact) mass is 180 g/mol. The van der Waals surface area contributed by atoms with E-state index in [1.807, 2.05) is 0 Å². The number of hydrogen-bond donors (Lipinski definition) is 1. The lowest BCUT2D eigenvalue weighted by Crippen LogP contribution is -2.42. The van der Waals surface area contributed by atoms with Gasteiger partial charge in [0.05, 0.1) is 0 Å². The summed E-state index contributed by atoms with van der Waals surface area (Å²) in [5.41, 5.74) is 0. The molecular formula is C3HF5OS. The van der Waals surface area contributed by atoms with Gasteiger partial charge in [-0.15, -0.1) is 0 Å². The topological polar surface area (TPSA) is 20.2 Å². The van der Waals surface area contributed by atoms with Crippen LogP contribution < -0.4 is 0 Å². The molecule has 0 fully saturated rings. The Labute approximate surface area is 57.4 Å². The molecule has 0 atom stereocenters. The summed E-state index contributed by atoms with van der Waals surface area (Å²) in [5.74, 6) is -5.28. The van der Waals surface area contributed by atoms with Crippen LogP contribution in [0.5, 0.6) is 0 Å². The summed E-state index contributed by atoms with van der Waals surface area (Å²) < 4.78 is 56.3. The smallest absolute Gasteiger partial charge is 0.462 e. The van der Waals surface area contributed by atoms with Gasteiger partial charge in [-0.2, -0.15) is 22.0 Å². The Morgan fingerprint density at radius 2 is 1.40 bits per heavy atom. The molecule has 0 saturated heterocycles. The molecule has 0 saturated carbocycles. The molecule has 0 aliphatic carbocycles. The van der Waals surface area contributed by atoms with E-state index < -0.39 is 17.1 Å². The lowest BCUT2D eigenvalue weighted by atomic mass is 10.3. The fourth-order valence-electron chi connectivity index (χ4n) is 0.121. The van der Waals surface area contributed by atoms with Gasteiger partial charge in [0, 0.05) is 0 Å². The quantitative estimate of drug-likeness (QED) is 0.492. The van der Waals surface area contributed by atoms with Crippen LogP contribution in [0.2, 0.25) is 0 Å². The van der Waals surface area contributed by atoms with E-state index in [9.17, 15) is 22.0 Å². The molecular weight excluding hydrogens is 179 g/mol. The zero-order chi connectivity index (χ0) is 8.58. The Morgan fingerprint density at radius 3 is 1.40 bits per heavy atom. The van der Waals surface area contributed by atoms with Gasteiger partial charge in [-0.1, -0.05) is 0 Å². The molecule has 0 amide bonds.